The number of rotatable bonds is 7. The van der Waals surface area contributed by atoms with Crippen LogP contribution in [0.4, 0.5) is 10.1 Å². The lowest BCUT2D eigenvalue weighted by Gasteiger charge is -2.13. The third-order valence-electron chi connectivity index (χ3n) is 5.17. The van der Waals surface area contributed by atoms with E-state index in [4.69, 9.17) is 21.1 Å². The highest BCUT2D eigenvalue weighted by Gasteiger charge is 2.30. The zero-order chi connectivity index (χ0) is 25.8. The molecule has 0 radical (unpaired) electrons. The van der Waals surface area contributed by atoms with E-state index in [-0.39, 0.29) is 28.9 Å². The van der Waals surface area contributed by atoms with E-state index in [9.17, 15) is 19.1 Å². The van der Waals surface area contributed by atoms with Crippen LogP contribution in [0, 0.1) is 5.82 Å². The number of carbonyl (C=O) groups excluding carboxylic acids is 1. The van der Waals surface area contributed by atoms with Gasteiger partial charge in [0.2, 0.25) is 0 Å². The third-order valence-corrected chi connectivity index (χ3v) is 6.51. The van der Waals surface area contributed by atoms with Crippen molar-refractivity contribution in [3.05, 3.63) is 93.1 Å². The van der Waals surface area contributed by atoms with Crippen molar-refractivity contribution in [2.75, 3.05) is 14.2 Å². The summed E-state index contributed by atoms with van der Waals surface area (Å²) in [6.45, 7) is 0.166. The Kier molecular flexibility index (Phi) is 7.61. The van der Waals surface area contributed by atoms with E-state index in [1.807, 2.05) is 0 Å². The molecule has 184 valence electrons. The van der Waals surface area contributed by atoms with Gasteiger partial charge in [-0.15, -0.1) is 0 Å². The number of amidine groups is 1. The molecule has 0 bridgehead atoms. The predicted octanol–water partition coefficient (Wildman–Crippen LogP) is 6.00. The average molecular weight is 527 g/mol. The smallest absolute Gasteiger partial charge is 0.335 e. The molecule has 3 aromatic rings. The normalized spacial score (nSPS) is 15.6. The molecule has 0 aromatic heterocycles. The van der Waals surface area contributed by atoms with Crippen molar-refractivity contribution in [3.63, 3.8) is 0 Å². The number of methoxy groups -OCH3 is 1. The minimum Gasteiger partial charge on any atom is -0.493 e. The molecule has 1 heterocycles. The number of amides is 1. The number of thioether (sulfide) groups is 1. The summed E-state index contributed by atoms with van der Waals surface area (Å²) in [4.78, 5) is 30.3. The second-order valence-electron chi connectivity index (χ2n) is 7.67. The number of likely N-dealkylation sites (N-methyl/N-ethyl adjacent to an activating group) is 1. The summed E-state index contributed by atoms with van der Waals surface area (Å²) in [7, 11) is 3.07. The topological polar surface area (TPSA) is 88.4 Å². The second-order valence-corrected chi connectivity index (χ2v) is 9.09. The minimum atomic E-state index is -1.06. The molecule has 1 saturated heterocycles. The van der Waals surface area contributed by atoms with E-state index in [0.717, 1.165) is 17.3 Å². The zero-order valence-corrected chi connectivity index (χ0v) is 20.8. The van der Waals surface area contributed by atoms with Gasteiger partial charge in [0.1, 0.15) is 12.4 Å². The van der Waals surface area contributed by atoms with Crippen LogP contribution in [0.5, 0.6) is 11.5 Å². The second kappa shape index (κ2) is 10.8. The van der Waals surface area contributed by atoms with Gasteiger partial charge < -0.3 is 14.6 Å². The molecule has 0 spiro atoms. The number of ether oxygens (including phenoxy) is 2. The van der Waals surface area contributed by atoms with Crippen molar-refractivity contribution in [2.24, 2.45) is 4.99 Å². The van der Waals surface area contributed by atoms with Gasteiger partial charge in [-0.25, -0.2) is 14.2 Å². The summed E-state index contributed by atoms with van der Waals surface area (Å²) in [5.41, 5.74) is 1.90. The number of hydrogen-bond donors (Lipinski definition) is 1. The van der Waals surface area contributed by atoms with Crippen LogP contribution in [0.25, 0.3) is 6.08 Å². The maximum Gasteiger partial charge on any atom is 0.335 e. The average Bonchev–Trinajstić information content (AvgIpc) is 3.11. The Morgan fingerprint density at radius 3 is 2.64 bits per heavy atom. The molecular weight excluding hydrogens is 507 g/mol. The number of carboxylic acids is 1. The molecule has 0 atom stereocenters. The van der Waals surface area contributed by atoms with Crippen LogP contribution in [0.2, 0.25) is 5.02 Å². The molecule has 1 aliphatic heterocycles. The Hall–Kier alpha value is -3.82. The van der Waals surface area contributed by atoms with E-state index in [1.54, 1.807) is 49.5 Å². The van der Waals surface area contributed by atoms with Crippen LogP contribution in [0.1, 0.15) is 21.5 Å². The van der Waals surface area contributed by atoms with Crippen LogP contribution in [0.3, 0.4) is 0 Å². The van der Waals surface area contributed by atoms with Crippen LogP contribution < -0.4 is 9.47 Å². The van der Waals surface area contributed by atoms with Gasteiger partial charge in [0.25, 0.3) is 5.91 Å². The molecule has 1 fully saturated rings. The van der Waals surface area contributed by atoms with Gasteiger partial charge in [-0.05, 0) is 71.4 Å². The summed E-state index contributed by atoms with van der Waals surface area (Å²) < 4.78 is 24.4. The molecule has 36 heavy (non-hydrogen) atoms. The van der Waals surface area contributed by atoms with Crippen molar-refractivity contribution in [2.45, 2.75) is 6.61 Å². The van der Waals surface area contributed by atoms with Crippen LogP contribution in [-0.2, 0) is 11.4 Å². The number of nitrogens with zero attached hydrogens (tertiary/aromatic N) is 2. The highest BCUT2D eigenvalue weighted by Crippen LogP contribution is 2.39. The Morgan fingerprint density at radius 2 is 1.94 bits per heavy atom. The fourth-order valence-electron chi connectivity index (χ4n) is 3.32. The number of aliphatic imine (C=N–C) groups is 1. The van der Waals surface area contributed by atoms with E-state index in [1.165, 1.54) is 36.3 Å². The van der Waals surface area contributed by atoms with Crippen molar-refractivity contribution in [1.29, 1.82) is 0 Å². The Balaban J connectivity index is 1.57. The molecule has 10 heteroatoms. The van der Waals surface area contributed by atoms with Crippen molar-refractivity contribution >= 4 is 52.2 Å². The van der Waals surface area contributed by atoms with Gasteiger partial charge in [-0.2, -0.15) is 0 Å². The van der Waals surface area contributed by atoms with Crippen LogP contribution in [0.15, 0.2) is 70.6 Å². The van der Waals surface area contributed by atoms with E-state index in [0.29, 0.717) is 32.8 Å². The minimum absolute atomic E-state index is 0.105. The number of benzene rings is 3. The molecule has 7 nitrogen and oxygen atoms in total. The number of halogens is 2. The summed E-state index contributed by atoms with van der Waals surface area (Å²) in [6.07, 6.45) is 1.66. The van der Waals surface area contributed by atoms with Crippen molar-refractivity contribution < 1.29 is 28.6 Å². The lowest BCUT2D eigenvalue weighted by Crippen LogP contribution is -2.23. The standard InChI is InChI=1S/C26H20ClFN2O5S/c1-30-24(31)22(36-26(30)29-19-5-3-4-17(13-19)25(32)33)12-16-10-20(27)23(21(11-16)34-2)35-14-15-6-8-18(28)9-7-15/h3-13H,14H2,1-2H3,(H,32,33)/b22-12-,29-26?. The number of hydrogen-bond acceptors (Lipinski definition) is 6. The molecule has 1 N–H and O–H groups in total. The van der Waals surface area contributed by atoms with E-state index >= 15 is 0 Å². The molecule has 0 saturated carbocycles. The van der Waals surface area contributed by atoms with Gasteiger partial charge in [0, 0.05) is 7.05 Å². The highest BCUT2D eigenvalue weighted by atomic mass is 35.5. The lowest BCUT2D eigenvalue weighted by atomic mass is 10.1. The fourth-order valence-corrected chi connectivity index (χ4v) is 4.58. The fraction of sp³-hybridized carbons (Fsp3) is 0.115. The molecule has 3 aromatic carbocycles. The number of carbonyl (C=O) groups is 2. The first-order chi connectivity index (χ1) is 17.2. The first kappa shape index (κ1) is 25.3. The summed E-state index contributed by atoms with van der Waals surface area (Å²) in [5.74, 6) is -0.955. The first-order valence-corrected chi connectivity index (χ1v) is 11.8. The number of aromatic carboxylic acids is 1. The van der Waals surface area contributed by atoms with Crippen LogP contribution >= 0.6 is 23.4 Å². The SMILES string of the molecule is COc1cc(/C=C2\SC(=Nc3cccc(C(=O)O)c3)N(C)C2=O)cc(Cl)c1OCc1ccc(F)cc1. The van der Waals surface area contributed by atoms with Crippen LogP contribution in [-0.4, -0.2) is 41.2 Å². The number of carboxylic acid groups (broad SMARTS) is 1. The Bertz CT molecular complexity index is 1390. The van der Waals surface area contributed by atoms with Gasteiger partial charge in [-0.3, -0.25) is 9.69 Å². The maximum absolute atomic E-state index is 13.1. The van der Waals surface area contributed by atoms with Crippen molar-refractivity contribution in [3.8, 4) is 11.5 Å². The largest absolute Gasteiger partial charge is 0.493 e. The quantitative estimate of drug-likeness (QED) is 0.380. The highest BCUT2D eigenvalue weighted by molar-refractivity contribution is 8.18. The first-order valence-electron chi connectivity index (χ1n) is 10.6. The molecule has 1 amide bonds. The Labute approximate surface area is 215 Å². The maximum atomic E-state index is 13.1. The monoisotopic (exact) mass is 526 g/mol. The van der Waals surface area contributed by atoms with Crippen molar-refractivity contribution in [1.82, 2.24) is 4.90 Å². The molecule has 0 unspecified atom stereocenters. The molecular formula is C26H20ClFN2O5S. The van der Waals surface area contributed by atoms with Gasteiger partial charge in [0.05, 0.1) is 28.3 Å². The van der Waals surface area contributed by atoms with E-state index < -0.39 is 5.97 Å². The lowest BCUT2D eigenvalue weighted by molar-refractivity contribution is -0.121. The predicted molar refractivity (Wildman–Crippen MR) is 138 cm³/mol. The Morgan fingerprint density at radius 1 is 1.19 bits per heavy atom. The van der Waals surface area contributed by atoms with Gasteiger partial charge in [-0.1, -0.05) is 29.8 Å². The molecule has 0 aliphatic carbocycles. The van der Waals surface area contributed by atoms with E-state index in [2.05, 4.69) is 4.99 Å². The summed E-state index contributed by atoms with van der Waals surface area (Å²) >= 11 is 7.62. The third kappa shape index (κ3) is 5.69. The molecule has 1 aliphatic rings. The van der Waals surface area contributed by atoms with Gasteiger partial charge >= 0.3 is 5.97 Å². The summed E-state index contributed by atoms with van der Waals surface area (Å²) in [5, 5.41) is 9.88. The zero-order valence-electron chi connectivity index (χ0n) is 19.2. The van der Waals surface area contributed by atoms with Gasteiger partial charge in [0.15, 0.2) is 16.7 Å². The molecule has 4 rings (SSSR count). The summed E-state index contributed by atoms with van der Waals surface area (Å²) in [6, 6.07) is 15.4.